The van der Waals surface area contributed by atoms with Crippen LogP contribution in [0.5, 0.6) is 5.75 Å². The van der Waals surface area contributed by atoms with Gasteiger partial charge in [0.25, 0.3) is 0 Å². The molecule has 232 valence electrons. The molecule has 6 rings (SSSR count). The molecule has 4 amide bonds. The number of thiazole rings is 1. The Balaban J connectivity index is 1.37. The molecule has 12 heteroatoms. The minimum Gasteiger partial charge on any atom is -0.508 e. The number of piperazine rings is 1. The molecule has 0 unspecified atom stereocenters. The second-order valence-electron chi connectivity index (χ2n) is 11.0. The first-order chi connectivity index (χ1) is 21.8. The second kappa shape index (κ2) is 13.0. The van der Waals surface area contributed by atoms with E-state index in [-0.39, 0.29) is 56.0 Å². The summed E-state index contributed by atoms with van der Waals surface area (Å²) in [5, 5.41) is 16.1. The molecule has 0 spiro atoms. The van der Waals surface area contributed by atoms with Gasteiger partial charge in [0.2, 0.25) is 11.8 Å². The first kappa shape index (κ1) is 30.2. The number of carbonyl (C=O) groups is 3. The smallest absolute Gasteiger partial charge is 0.334 e. The van der Waals surface area contributed by atoms with Crippen molar-refractivity contribution in [2.45, 2.75) is 38.6 Å². The molecule has 2 saturated heterocycles. The van der Waals surface area contributed by atoms with Gasteiger partial charge in [0, 0.05) is 26.1 Å². The van der Waals surface area contributed by atoms with Gasteiger partial charge in [0.15, 0.2) is 0 Å². The molecular formula is C33H33FN6O4S. The molecule has 2 fully saturated rings. The Bertz CT molecular complexity index is 1730. The third-order valence-corrected chi connectivity index (χ3v) is 8.96. The van der Waals surface area contributed by atoms with E-state index in [9.17, 15) is 23.9 Å². The molecule has 2 aliphatic heterocycles. The molecule has 10 nitrogen and oxygen atoms in total. The summed E-state index contributed by atoms with van der Waals surface area (Å²) in [5.41, 5.74) is 4.40. The minimum absolute atomic E-state index is 0.0464. The number of benzene rings is 3. The Morgan fingerprint density at radius 3 is 2.62 bits per heavy atom. The van der Waals surface area contributed by atoms with Crippen LogP contribution >= 0.6 is 11.3 Å². The van der Waals surface area contributed by atoms with E-state index in [0.29, 0.717) is 22.3 Å². The summed E-state index contributed by atoms with van der Waals surface area (Å²) in [7, 11) is 0. The molecule has 3 heterocycles. The Morgan fingerprint density at radius 2 is 1.87 bits per heavy atom. The number of urea groups is 1. The quantitative estimate of drug-likeness (QED) is 0.282. The molecule has 2 aliphatic rings. The van der Waals surface area contributed by atoms with Gasteiger partial charge >= 0.3 is 6.03 Å². The Hall–Kier alpha value is -4.81. The first-order valence-electron chi connectivity index (χ1n) is 14.7. The van der Waals surface area contributed by atoms with Crippen molar-refractivity contribution >= 4 is 39.4 Å². The number of amides is 4. The predicted octanol–water partition coefficient (Wildman–Crippen LogP) is 4.27. The van der Waals surface area contributed by atoms with Crippen LogP contribution in [0.25, 0.3) is 10.2 Å². The summed E-state index contributed by atoms with van der Waals surface area (Å²) in [6.45, 7) is 2.55. The van der Waals surface area contributed by atoms with Gasteiger partial charge in [-0.3, -0.25) is 9.59 Å². The highest BCUT2D eigenvalue weighted by molar-refractivity contribution is 7.16. The van der Waals surface area contributed by atoms with Crippen molar-refractivity contribution in [3.05, 3.63) is 107 Å². The van der Waals surface area contributed by atoms with Gasteiger partial charge in [-0.1, -0.05) is 60.7 Å². The number of aromatic hydroxyl groups is 1. The predicted molar refractivity (Wildman–Crippen MR) is 168 cm³/mol. The van der Waals surface area contributed by atoms with Crippen LogP contribution < -0.4 is 5.32 Å². The molecule has 0 saturated carbocycles. The van der Waals surface area contributed by atoms with Crippen molar-refractivity contribution in [3.63, 3.8) is 0 Å². The van der Waals surface area contributed by atoms with Crippen molar-refractivity contribution < 1.29 is 23.9 Å². The lowest BCUT2D eigenvalue weighted by Crippen LogP contribution is -2.76. The van der Waals surface area contributed by atoms with Crippen molar-refractivity contribution in [1.29, 1.82) is 0 Å². The lowest BCUT2D eigenvalue weighted by Gasteiger charge is -2.55. The van der Waals surface area contributed by atoms with E-state index < -0.39 is 18.2 Å². The maximum Gasteiger partial charge on any atom is 0.334 e. The van der Waals surface area contributed by atoms with E-state index >= 15 is 0 Å². The van der Waals surface area contributed by atoms with Crippen LogP contribution in [0, 0.1) is 5.82 Å². The molecule has 0 aliphatic carbocycles. The Morgan fingerprint density at radius 1 is 1.09 bits per heavy atom. The van der Waals surface area contributed by atoms with Gasteiger partial charge in [0.1, 0.15) is 23.8 Å². The number of nitrogens with zero attached hydrogens (tertiary/aromatic N) is 5. The highest BCUT2D eigenvalue weighted by atomic mass is 32.1. The first-order valence-corrected chi connectivity index (χ1v) is 15.6. The Kier molecular flexibility index (Phi) is 8.76. The number of hydrazine groups is 1. The molecule has 0 bridgehead atoms. The molecule has 3 aromatic carbocycles. The van der Waals surface area contributed by atoms with Crippen molar-refractivity contribution in [1.82, 2.24) is 30.1 Å². The fraction of sp³-hybridized carbons (Fsp3) is 0.273. The number of fused-ring (bicyclic) bond motifs is 2. The van der Waals surface area contributed by atoms with Crippen LogP contribution in [-0.4, -0.2) is 79.6 Å². The number of phenols is 1. The fourth-order valence-corrected chi connectivity index (χ4v) is 6.68. The molecular weight excluding hydrogens is 595 g/mol. The van der Waals surface area contributed by atoms with Gasteiger partial charge in [-0.15, -0.1) is 11.3 Å². The molecule has 2 atom stereocenters. The third kappa shape index (κ3) is 6.24. The van der Waals surface area contributed by atoms with Crippen LogP contribution in [0.4, 0.5) is 9.18 Å². The summed E-state index contributed by atoms with van der Waals surface area (Å²) < 4.78 is 14.9. The van der Waals surface area contributed by atoms with Crippen LogP contribution in [0.1, 0.15) is 23.6 Å². The van der Waals surface area contributed by atoms with Crippen LogP contribution in [0.2, 0.25) is 0 Å². The normalized spacial score (nSPS) is 19.0. The number of hydrogen-bond donors (Lipinski definition) is 2. The molecule has 2 N–H and O–H groups in total. The number of nitrogens with one attached hydrogen (secondary N) is 1. The zero-order valence-electron chi connectivity index (χ0n) is 24.7. The largest absolute Gasteiger partial charge is 0.508 e. The molecule has 45 heavy (non-hydrogen) atoms. The van der Waals surface area contributed by atoms with E-state index in [0.717, 1.165) is 11.1 Å². The third-order valence-electron chi connectivity index (χ3n) is 8.12. The topological polar surface area (TPSA) is 109 Å². The van der Waals surface area contributed by atoms with Gasteiger partial charge in [-0.05, 0) is 41.8 Å². The Labute approximate surface area is 263 Å². The summed E-state index contributed by atoms with van der Waals surface area (Å²) in [6.07, 6.45) is 3.10. The number of halogens is 1. The molecule has 1 aromatic heterocycles. The van der Waals surface area contributed by atoms with E-state index in [2.05, 4.69) is 10.3 Å². The summed E-state index contributed by atoms with van der Waals surface area (Å²) in [5.74, 6) is -0.841. The maximum atomic E-state index is 14.5. The highest BCUT2D eigenvalue weighted by Gasteiger charge is 2.51. The average molecular weight is 629 g/mol. The van der Waals surface area contributed by atoms with Gasteiger partial charge in [-0.2, -0.15) is 0 Å². The van der Waals surface area contributed by atoms with Crippen LogP contribution in [0.15, 0.2) is 84.4 Å². The number of phenolic OH excluding ortho intramolecular Hbond substituents is 1. The van der Waals surface area contributed by atoms with E-state index in [1.54, 1.807) is 38.6 Å². The average Bonchev–Trinajstić information content (AvgIpc) is 3.55. The SMILES string of the molecule is C/C=C/CN1CC(=O)N2[C@@H](Cc3ccc(O)cc3)C(=O)N(Cc3ccc(F)c4scnc34)C[C@@H]2N1C(=O)NCc1ccccc1. The standard InChI is InChI=1S/C33H33FN6O4S/c1-2-3-15-38-20-29(42)39-27(16-22-9-12-25(41)13-10-22)32(43)37(18-24-11-14-26(34)31-30(24)36-21-45-31)19-28(39)40(38)33(44)35-17-23-7-5-4-6-8-23/h2-14,21,27-28,41H,15-20H2,1H3,(H,35,44)/b3-2+/t27-,28-/m0/s1. The van der Waals surface area contributed by atoms with E-state index in [1.165, 1.54) is 34.4 Å². The highest BCUT2D eigenvalue weighted by Crippen LogP contribution is 2.31. The zero-order valence-corrected chi connectivity index (χ0v) is 25.5. The second-order valence-corrected chi connectivity index (χ2v) is 11.9. The van der Waals surface area contributed by atoms with E-state index in [4.69, 9.17) is 0 Å². The number of rotatable bonds is 8. The van der Waals surface area contributed by atoms with Gasteiger partial charge < -0.3 is 20.2 Å². The number of allylic oxidation sites excluding steroid dienone is 1. The summed E-state index contributed by atoms with van der Waals surface area (Å²) >= 11 is 1.19. The molecule has 0 radical (unpaired) electrons. The van der Waals surface area contributed by atoms with Gasteiger partial charge in [0.05, 0.1) is 28.8 Å². The summed E-state index contributed by atoms with van der Waals surface area (Å²) in [6, 6.07) is 17.7. The molecule has 4 aromatic rings. The lowest BCUT2D eigenvalue weighted by atomic mass is 9.98. The fourth-order valence-electron chi connectivity index (χ4n) is 5.94. The van der Waals surface area contributed by atoms with Crippen molar-refractivity contribution in [2.75, 3.05) is 19.6 Å². The lowest BCUT2D eigenvalue weighted by molar-refractivity contribution is -0.189. The maximum absolute atomic E-state index is 14.5. The number of carbonyl (C=O) groups excluding carboxylic acids is 3. The van der Waals surface area contributed by atoms with E-state index in [1.807, 2.05) is 49.4 Å². The van der Waals surface area contributed by atoms with Gasteiger partial charge in [-0.25, -0.2) is 24.2 Å². The summed E-state index contributed by atoms with van der Waals surface area (Å²) in [4.78, 5) is 49.5. The monoisotopic (exact) mass is 628 g/mol. The van der Waals surface area contributed by atoms with Crippen LogP contribution in [0.3, 0.4) is 0 Å². The minimum atomic E-state index is -0.916. The number of aromatic nitrogens is 1. The van der Waals surface area contributed by atoms with Crippen molar-refractivity contribution in [2.24, 2.45) is 0 Å². The zero-order chi connectivity index (χ0) is 31.5. The number of hydrogen-bond acceptors (Lipinski definition) is 7. The van der Waals surface area contributed by atoms with Crippen LogP contribution in [-0.2, 0) is 29.1 Å². The van der Waals surface area contributed by atoms with Crippen molar-refractivity contribution in [3.8, 4) is 5.75 Å².